The smallest absolute Gasteiger partial charge is 0.142 e. The van der Waals surface area contributed by atoms with Crippen LogP contribution >= 0.6 is 11.6 Å². The number of benzene rings is 1. The largest absolute Gasteiger partial charge is 0.385 e. The molecule has 1 nitrogen and oxygen atoms in total. The summed E-state index contributed by atoms with van der Waals surface area (Å²) in [7, 11) is 0. The summed E-state index contributed by atoms with van der Waals surface area (Å²) < 4.78 is 13.2. The Balaban J connectivity index is 2.23. The highest BCUT2D eigenvalue weighted by atomic mass is 35.5. The van der Waals surface area contributed by atoms with E-state index in [1.165, 1.54) is 6.07 Å². The van der Waals surface area contributed by atoms with Crippen molar-refractivity contribution in [2.24, 2.45) is 0 Å². The van der Waals surface area contributed by atoms with Gasteiger partial charge in [-0.2, -0.15) is 0 Å². The lowest BCUT2D eigenvalue weighted by molar-refractivity contribution is 0.0751. The first-order valence-corrected chi connectivity index (χ1v) is 5.81. The highest BCUT2D eigenvalue weighted by Crippen LogP contribution is 2.29. The van der Waals surface area contributed by atoms with Gasteiger partial charge in [0, 0.05) is 6.42 Å². The maximum atomic E-state index is 13.2. The molecule has 3 heteroatoms. The monoisotopic (exact) mass is 240 g/mol. The predicted octanol–water partition coefficient (Wildman–Crippen LogP) is 3.49. The van der Waals surface area contributed by atoms with E-state index in [0.29, 0.717) is 18.4 Å². The minimum atomic E-state index is -0.865. The summed E-state index contributed by atoms with van der Waals surface area (Å²) in [5, 5.41) is 10.4. The van der Waals surface area contributed by atoms with Crippen molar-refractivity contribution in [1.29, 1.82) is 0 Å². The molecule has 0 saturated carbocycles. The first kappa shape index (κ1) is 11.6. The van der Waals surface area contributed by atoms with Gasteiger partial charge in [0.25, 0.3) is 0 Å². The van der Waals surface area contributed by atoms with Crippen molar-refractivity contribution in [2.75, 3.05) is 0 Å². The summed E-state index contributed by atoms with van der Waals surface area (Å²) in [6.07, 6.45) is 6.81. The van der Waals surface area contributed by atoms with E-state index in [0.717, 1.165) is 12.8 Å². The molecule has 0 bridgehead atoms. The van der Waals surface area contributed by atoms with Crippen molar-refractivity contribution in [3.63, 3.8) is 0 Å². The van der Waals surface area contributed by atoms with Crippen LogP contribution in [-0.2, 0) is 6.42 Å². The van der Waals surface area contributed by atoms with E-state index in [9.17, 15) is 9.50 Å². The fourth-order valence-corrected chi connectivity index (χ4v) is 2.27. The molecule has 0 radical (unpaired) electrons. The third kappa shape index (κ3) is 2.45. The SMILES string of the molecule is OC1(Cc2cccc(F)c2Cl)C=CCCC1. The molecule has 1 aliphatic rings. The molecule has 1 unspecified atom stereocenters. The lowest BCUT2D eigenvalue weighted by Crippen LogP contribution is -2.30. The Morgan fingerprint density at radius 2 is 2.25 bits per heavy atom. The molecular weight excluding hydrogens is 227 g/mol. The molecule has 1 aromatic rings. The van der Waals surface area contributed by atoms with Crippen LogP contribution in [0.5, 0.6) is 0 Å². The maximum Gasteiger partial charge on any atom is 0.142 e. The van der Waals surface area contributed by atoms with Gasteiger partial charge in [-0.05, 0) is 30.9 Å². The van der Waals surface area contributed by atoms with Gasteiger partial charge in [-0.25, -0.2) is 4.39 Å². The Hall–Kier alpha value is -0.860. The van der Waals surface area contributed by atoms with Gasteiger partial charge in [-0.3, -0.25) is 0 Å². The maximum absolute atomic E-state index is 13.2. The van der Waals surface area contributed by atoms with Crippen molar-refractivity contribution >= 4 is 11.6 Å². The molecule has 0 aromatic heterocycles. The Labute approximate surface area is 99.6 Å². The molecule has 16 heavy (non-hydrogen) atoms. The van der Waals surface area contributed by atoms with Crippen LogP contribution < -0.4 is 0 Å². The van der Waals surface area contributed by atoms with Crippen LogP contribution in [0.15, 0.2) is 30.4 Å². The molecule has 0 aliphatic heterocycles. The van der Waals surface area contributed by atoms with Crippen LogP contribution in [-0.4, -0.2) is 10.7 Å². The van der Waals surface area contributed by atoms with Crippen molar-refractivity contribution < 1.29 is 9.50 Å². The van der Waals surface area contributed by atoms with Gasteiger partial charge in [0.1, 0.15) is 5.82 Å². The summed E-state index contributed by atoms with van der Waals surface area (Å²) in [6, 6.07) is 4.70. The van der Waals surface area contributed by atoms with E-state index in [4.69, 9.17) is 11.6 Å². The minimum absolute atomic E-state index is 0.120. The third-order valence-electron chi connectivity index (χ3n) is 2.94. The highest BCUT2D eigenvalue weighted by Gasteiger charge is 2.26. The average Bonchev–Trinajstić information content (AvgIpc) is 2.26. The van der Waals surface area contributed by atoms with Crippen molar-refractivity contribution in [3.05, 3.63) is 46.8 Å². The van der Waals surface area contributed by atoms with Gasteiger partial charge >= 0.3 is 0 Å². The van der Waals surface area contributed by atoms with Gasteiger partial charge in [0.15, 0.2) is 0 Å². The second-order valence-electron chi connectivity index (χ2n) is 4.29. The second-order valence-corrected chi connectivity index (χ2v) is 4.67. The number of aliphatic hydroxyl groups is 1. The summed E-state index contributed by atoms with van der Waals surface area (Å²) >= 11 is 5.86. The molecule has 0 saturated heterocycles. The van der Waals surface area contributed by atoms with E-state index in [1.54, 1.807) is 18.2 Å². The minimum Gasteiger partial charge on any atom is -0.385 e. The van der Waals surface area contributed by atoms with Crippen molar-refractivity contribution in [1.82, 2.24) is 0 Å². The van der Waals surface area contributed by atoms with E-state index < -0.39 is 11.4 Å². The molecule has 2 rings (SSSR count). The van der Waals surface area contributed by atoms with Gasteiger partial charge in [-0.1, -0.05) is 35.9 Å². The summed E-state index contributed by atoms with van der Waals surface area (Å²) in [5.41, 5.74) is -0.203. The summed E-state index contributed by atoms with van der Waals surface area (Å²) in [4.78, 5) is 0. The predicted molar refractivity (Wildman–Crippen MR) is 63.1 cm³/mol. The molecule has 0 amide bonds. The van der Waals surface area contributed by atoms with Crippen LogP contribution in [0.4, 0.5) is 4.39 Å². The molecule has 0 fully saturated rings. The zero-order valence-corrected chi connectivity index (χ0v) is 9.67. The highest BCUT2D eigenvalue weighted by molar-refractivity contribution is 6.31. The van der Waals surface area contributed by atoms with E-state index in [-0.39, 0.29) is 5.02 Å². The zero-order valence-electron chi connectivity index (χ0n) is 8.92. The normalized spacial score (nSPS) is 24.7. The molecule has 0 heterocycles. The third-order valence-corrected chi connectivity index (χ3v) is 3.36. The van der Waals surface area contributed by atoms with Crippen LogP contribution in [0, 0.1) is 5.82 Å². The quantitative estimate of drug-likeness (QED) is 0.785. The fourth-order valence-electron chi connectivity index (χ4n) is 2.07. The molecule has 1 aromatic carbocycles. The number of hydrogen-bond acceptors (Lipinski definition) is 1. The first-order valence-electron chi connectivity index (χ1n) is 5.44. The number of hydrogen-bond donors (Lipinski definition) is 1. The molecule has 0 spiro atoms. The lowest BCUT2D eigenvalue weighted by Gasteiger charge is -2.27. The van der Waals surface area contributed by atoms with Crippen LogP contribution in [0.2, 0.25) is 5.02 Å². The van der Waals surface area contributed by atoms with Gasteiger partial charge in [-0.15, -0.1) is 0 Å². The summed E-state index contributed by atoms with van der Waals surface area (Å²) in [5.74, 6) is -0.428. The number of allylic oxidation sites excluding steroid dienone is 1. The van der Waals surface area contributed by atoms with Gasteiger partial charge < -0.3 is 5.11 Å². The van der Waals surface area contributed by atoms with Gasteiger partial charge in [0.05, 0.1) is 10.6 Å². The summed E-state index contributed by atoms with van der Waals surface area (Å²) in [6.45, 7) is 0. The van der Waals surface area contributed by atoms with Crippen molar-refractivity contribution in [2.45, 2.75) is 31.3 Å². The zero-order chi connectivity index (χ0) is 11.6. The molecule has 1 aliphatic carbocycles. The van der Waals surface area contributed by atoms with Crippen LogP contribution in [0.3, 0.4) is 0 Å². The Bertz CT molecular complexity index is 416. The number of halogens is 2. The van der Waals surface area contributed by atoms with Crippen LogP contribution in [0.25, 0.3) is 0 Å². The Morgan fingerprint density at radius 1 is 1.44 bits per heavy atom. The molecular formula is C13H14ClFO. The van der Waals surface area contributed by atoms with E-state index >= 15 is 0 Å². The van der Waals surface area contributed by atoms with Crippen LogP contribution in [0.1, 0.15) is 24.8 Å². The topological polar surface area (TPSA) is 20.2 Å². The number of rotatable bonds is 2. The Kier molecular flexibility index (Phi) is 3.31. The second kappa shape index (κ2) is 4.56. The molecule has 1 N–H and O–H groups in total. The van der Waals surface area contributed by atoms with E-state index in [2.05, 4.69) is 0 Å². The lowest BCUT2D eigenvalue weighted by atomic mass is 9.85. The first-order chi connectivity index (χ1) is 7.61. The van der Waals surface area contributed by atoms with Crippen molar-refractivity contribution in [3.8, 4) is 0 Å². The fraction of sp³-hybridized carbons (Fsp3) is 0.385. The van der Waals surface area contributed by atoms with Gasteiger partial charge in [0.2, 0.25) is 0 Å². The Morgan fingerprint density at radius 3 is 2.94 bits per heavy atom. The standard InChI is InChI=1S/C13H14ClFO/c14-12-10(5-4-6-11(12)15)9-13(16)7-2-1-3-8-13/h2,4-7,16H,1,3,8-9H2. The van der Waals surface area contributed by atoms with E-state index in [1.807, 2.05) is 6.08 Å². The average molecular weight is 241 g/mol. The molecule has 86 valence electrons. The molecule has 1 atom stereocenters.